The van der Waals surface area contributed by atoms with Gasteiger partial charge in [-0.25, -0.2) is 0 Å². The monoisotopic (exact) mass is 329 g/mol. The van der Waals surface area contributed by atoms with Crippen LogP contribution in [0.1, 0.15) is 43.0 Å². The number of hydrogen-bond donors (Lipinski definition) is 1. The van der Waals surface area contributed by atoms with Gasteiger partial charge in [-0.2, -0.15) is 0 Å². The molecule has 5 nitrogen and oxygen atoms in total. The van der Waals surface area contributed by atoms with E-state index in [-0.39, 0.29) is 17.9 Å². The minimum absolute atomic E-state index is 0.0182. The van der Waals surface area contributed by atoms with Gasteiger partial charge in [0, 0.05) is 37.8 Å². The van der Waals surface area contributed by atoms with Crippen LogP contribution in [0.4, 0.5) is 0 Å². The maximum Gasteiger partial charge on any atom is 0.253 e. The van der Waals surface area contributed by atoms with Gasteiger partial charge in [-0.3, -0.25) is 9.59 Å². The standard InChI is InChI=1S/C19H27N3O2/c1-19(18(24)21-11-5-9-16(20)13-21)10-6-12-22(14-19)17(23)15-7-3-2-4-8-15/h2-4,7-8,16H,5-6,9-14,20H2,1H3. The van der Waals surface area contributed by atoms with Crippen molar-refractivity contribution in [2.24, 2.45) is 11.1 Å². The quantitative estimate of drug-likeness (QED) is 0.901. The van der Waals surface area contributed by atoms with Crippen LogP contribution in [-0.4, -0.2) is 53.8 Å². The predicted molar refractivity (Wildman–Crippen MR) is 93.5 cm³/mol. The lowest BCUT2D eigenvalue weighted by molar-refractivity contribution is -0.145. The van der Waals surface area contributed by atoms with Gasteiger partial charge in [0.1, 0.15) is 0 Å². The Hall–Kier alpha value is -1.88. The van der Waals surface area contributed by atoms with Crippen LogP contribution in [-0.2, 0) is 4.79 Å². The summed E-state index contributed by atoms with van der Waals surface area (Å²) >= 11 is 0. The zero-order chi connectivity index (χ0) is 17.2. The highest BCUT2D eigenvalue weighted by molar-refractivity contribution is 5.95. The molecular weight excluding hydrogens is 302 g/mol. The molecule has 2 saturated heterocycles. The number of nitrogens with zero attached hydrogens (tertiary/aromatic N) is 2. The second kappa shape index (κ2) is 6.93. The molecule has 0 bridgehead atoms. The van der Waals surface area contributed by atoms with Crippen LogP contribution in [0, 0.1) is 5.41 Å². The lowest BCUT2D eigenvalue weighted by Crippen LogP contribution is -2.56. The molecule has 24 heavy (non-hydrogen) atoms. The largest absolute Gasteiger partial charge is 0.341 e. The molecule has 0 aliphatic carbocycles. The van der Waals surface area contributed by atoms with Crippen molar-refractivity contribution in [1.82, 2.24) is 9.80 Å². The molecule has 2 amide bonds. The maximum atomic E-state index is 13.1. The summed E-state index contributed by atoms with van der Waals surface area (Å²) in [6, 6.07) is 9.39. The van der Waals surface area contributed by atoms with Crippen molar-refractivity contribution in [3.8, 4) is 0 Å². The first-order chi connectivity index (χ1) is 11.5. The summed E-state index contributed by atoms with van der Waals surface area (Å²) in [5.41, 5.74) is 6.22. The van der Waals surface area contributed by atoms with Gasteiger partial charge in [0.05, 0.1) is 5.41 Å². The first-order valence-corrected chi connectivity index (χ1v) is 8.89. The van der Waals surface area contributed by atoms with Crippen LogP contribution < -0.4 is 5.73 Å². The van der Waals surface area contributed by atoms with E-state index in [2.05, 4.69) is 0 Å². The van der Waals surface area contributed by atoms with Crippen molar-refractivity contribution < 1.29 is 9.59 Å². The molecule has 2 aliphatic rings. The summed E-state index contributed by atoms with van der Waals surface area (Å²) in [6.45, 7) is 4.64. The van der Waals surface area contributed by atoms with Crippen molar-refractivity contribution in [2.45, 2.75) is 38.6 Å². The molecule has 2 N–H and O–H groups in total. The molecule has 0 spiro atoms. The van der Waals surface area contributed by atoms with E-state index < -0.39 is 5.41 Å². The Balaban J connectivity index is 1.71. The Morgan fingerprint density at radius 1 is 1.12 bits per heavy atom. The molecule has 2 unspecified atom stereocenters. The van der Waals surface area contributed by atoms with Crippen molar-refractivity contribution in [1.29, 1.82) is 0 Å². The number of nitrogens with two attached hydrogens (primary N) is 1. The Bertz CT molecular complexity index is 604. The van der Waals surface area contributed by atoms with E-state index in [0.29, 0.717) is 18.7 Å². The highest BCUT2D eigenvalue weighted by Crippen LogP contribution is 2.33. The molecule has 0 aromatic heterocycles. The fraction of sp³-hybridized carbons (Fsp3) is 0.579. The molecular formula is C19H27N3O2. The second-order valence-electron chi connectivity index (χ2n) is 7.41. The number of hydrogen-bond acceptors (Lipinski definition) is 3. The third kappa shape index (κ3) is 3.46. The SMILES string of the molecule is CC1(C(=O)N2CCCC(N)C2)CCCN(C(=O)c2ccccc2)C1. The summed E-state index contributed by atoms with van der Waals surface area (Å²) in [5.74, 6) is 0.174. The van der Waals surface area contributed by atoms with Crippen LogP contribution in [0.25, 0.3) is 0 Å². The maximum absolute atomic E-state index is 13.1. The van der Waals surface area contributed by atoms with Crippen LogP contribution in [0.3, 0.4) is 0 Å². The Morgan fingerprint density at radius 3 is 2.54 bits per heavy atom. The Kier molecular flexibility index (Phi) is 4.90. The summed E-state index contributed by atoms with van der Waals surface area (Å²) < 4.78 is 0. The van der Waals surface area contributed by atoms with Gasteiger partial charge < -0.3 is 15.5 Å². The second-order valence-corrected chi connectivity index (χ2v) is 7.41. The van der Waals surface area contributed by atoms with Crippen LogP contribution in [0.5, 0.6) is 0 Å². The molecule has 2 aliphatic heterocycles. The van der Waals surface area contributed by atoms with Gasteiger partial charge in [-0.15, -0.1) is 0 Å². The number of amides is 2. The number of rotatable bonds is 2. The van der Waals surface area contributed by atoms with Gasteiger partial charge >= 0.3 is 0 Å². The number of benzene rings is 1. The van der Waals surface area contributed by atoms with E-state index in [1.807, 2.05) is 47.1 Å². The molecule has 130 valence electrons. The van der Waals surface area contributed by atoms with E-state index >= 15 is 0 Å². The third-order valence-corrected chi connectivity index (χ3v) is 5.27. The number of likely N-dealkylation sites (tertiary alicyclic amines) is 2. The zero-order valence-corrected chi connectivity index (χ0v) is 14.4. The van der Waals surface area contributed by atoms with Crippen LogP contribution in [0.15, 0.2) is 30.3 Å². The zero-order valence-electron chi connectivity index (χ0n) is 14.4. The number of piperidine rings is 2. The van der Waals surface area contributed by atoms with Gasteiger partial charge in [0.2, 0.25) is 5.91 Å². The average Bonchev–Trinajstić information content (AvgIpc) is 2.61. The molecule has 2 fully saturated rings. The van der Waals surface area contributed by atoms with Crippen LogP contribution in [0.2, 0.25) is 0 Å². The fourth-order valence-corrected chi connectivity index (χ4v) is 3.93. The van der Waals surface area contributed by atoms with Crippen molar-refractivity contribution >= 4 is 11.8 Å². The molecule has 0 radical (unpaired) electrons. The molecule has 5 heteroatoms. The van der Waals surface area contributed by atoms with Crippen molar-refractivity contribution in [3.63, 3.8) is 0 Å². The minimum atomic E-state index is -0.500. The molecule has 1 aromatic carbocycles. The van der Waals surface area contributed by atoms with Crippen LogP contribution >= 0.6 is 0 Å². The van der Waals surface area contributed by atoms with E-state index in [1.54, 1.807) is 0 Å². The summed E-state index contributed by atoms with van der Waals surface area (Å²) in [7, 11) is 0. The topological polar surface area (TPSA) is 66.6 Å². The lowest BCUT2D eigenvalue weighted by Gasteiger charge is -2.43. The molecule has 3 rings (SSSR count). The summed E-state index contributed by atoms with van der Waals surface area (Å²) in [5, 5.41) is 0. The van der Waals surface area contributed by atoms with Gasteiger partial charge in [-0.1, -0.05) is 18.2 Å². The van der Waals surface area contributed by atoms with E-state index in [0.717, 1.165) is 38.8 Å². The van der Waals surface area contributed by atoms with E-state index in [1.165, 1.54) is 0 Å². The van der Waals surface area contributed by atoms with Crippen molar-refractivity contribution in [2.75, 3.05) is 26.2 Å². The highest BCUT2D eigenvalue weighted by atomic mass is 16.2. The predicted octanol–water partition coefficient (Wildman–Crippen LogP) is 1.88. The molecule has 0 saturated carbocycles. The normalized spacial score (nSPS) is 27.8. The third-order valence-electron chi connectivity index (χ3n) is 5.27. The summed E-state index contributed by atoms with van der Waals surface area (Å²) in [4.78, 5) is 29.5. The average molecular weight is 329 g/mol. The first kappa shape index (κ1) is 17.0. The summed E-state index contributed by atoms with van der Waals surface area (Å²) in [6.07, 6.45) is 3.64. The highest BCUT2D eigenvalue weighted by Gasteiger charge is 2.42. The lowest BCUT2D eigenvalue weighted by atomic mass is 9.79. The van der Waals surface area contributed by atoms with E-state index in [9.17, 15) is 9.59 Å². The Labute approximate surface area is 143 Å². The van der Waals surface area contributed by atoms with Gasteiger partial charge in [-0.05, 0) is 44.7 Å². The number of carbonyl (C=O) groups is 2. The number of carbonyl (C=O) groups excluding carboxylic acids is 2. The van der Waals surface area contributed by atoms with Crippen molar-refractivity contribution in [3.05, 3.63) is 35.9 Å². The minimum Gasteiger partial charge on any atom is -0.341 e. The molecule has 1 aromatic rings. The van der Waals surface area contributed by atoms with Gasteiger partial charge in [0.15, 0.2) is 0 Å². The Morgan fingerprint density at radius 2 is 1.83 bits per heavy atom. The fourth-order valence-electron chi connectivity index (χ4n) is 3.93. The first-order valence-electron chi connectivity index (χ1n) is 8.89. The van der Waals surface area contributed by atoms with E-state index in [4.69, 9.17) is 5.73 Å². The smallest absolute Gasteiger partial charge is 0.253 e. The molecule has 2 heterocycles. The van der Waals surface area contributed by atoms with Gasteiger partial charge in [0.25, 0.3) is 5.91 Å². The molecule has 2 atom stereocenters.